The van der Waals surface area contributed by atoms with Gasteiger partial charge in [-0.25, -0.2) is 0 Å². The number of aliphatic hydroxyl groups is 1. The third kappa shape index (κ3) is 3.81. The summed E-state index contributed by atoms with van der Waals surface area (Å²) in [6.45, 7) is 6.24. The van der Waals surface area contributed by atoms with Crippen LogP contribution in [0.25, 0.3) is 0 Å². The summed E-state index contributed by atoms with van der Waals surface area (Å²) in [6.07, 6.45) is 8.05. The van der Waals surface area contributed by atoms with E-state index in [1.54, 1.807) is 0 Å². The normalized spacial score (nSPS) is 26.6. The molecule has 2 atom stereocenters. The zero-order chi connectivity index (χ0) is 10.2. The molecule has 82 valence electrons. The second-order valence-electron chi connectivity index (χ2n) is 4.27. The summed E-state index contributed by atoms with van der Waals surface area (Å²) in [7, 11) is 0. The van der Waals surface area contributed by atoms with E-state index in [0.29, 0.717) is 18.4 Å². The zero-order valence-electron chi connectivity index (χ0n) is 9.04. The molecule has 1 aliphatic rings. The average Bonchev–Trinajstić information content (AvgIpc) is 2.65. The van der Waals surface area contributed by atoms with E-state index < -0.39 is 0 Å². The van der Waals surface area contributed by atoms with E-state index in [4.69, 9.17) is 5.11 Å². The predicted molar refractivity (Wildman–Crippen MR) is 60.2 cm³/mol. The number of nitrogens with one attached hydrogen (secondary N) is 1. The molecular weight excluding hydrogens is 174 g/mol. The Bertz CT molecular complexity index is 158. The fourth-order valence-electron chi connectivity index (χ4n) is 2.28. The van der Waals surface area contributed by atoms with E-state index in [0.717, 1.165) is 19.5 Å². The van der Waals surface area contributed by atoms with Crippen LogP contribution in [0.15, 0.2) is 12.7 Å². The second-order valence-corrected chi connectivity index (χ2v) is 4.27. The van der Waals surface area contributed by atoms with Crippen molar-refractivity contribution in [3.8, 4) is 0 Å². The van der Waals surface area contributed by atoms with Gasteiger partial charge in [-0.3, -0.25) is 0 Å². The summed E-state index contributed by atoms with van der Waals surface area (Å²) in [4.78, 5) is 0. The van der Waals surface area contributed by atoms with Gasteiger partial charge < -0.3 is 10.4 Å². The second kappa shape index (κ2) is 7.02. The Morgan fingerprint density at radius 1 is 1.36 bits per heavy atom. The predicted octanol–water partition coefficient (Wildman–Crippen LogP) is 1.95. The highest BCUT2D eigenvalue weighted by atomic mass is 16.3. The molecule has 1 aliphatic carbocycles. The number of unbranched alkanes of at least 4 members (excludes halogenated alkanes) is 1. The quantitative estimate of drug-likeness (QED) is 0.483. The largest absolute Gasteiger partial charge is 0.396 e. The molecule has 2 heteroatoms. The van der Waals surface area contributed by atoms with Gasteiger partial charge in [-0.2, -0.15) is 0 Å². The molecular formula is C12H23NO. The highest BCUT2D eigenvalue weighted by molar-refractivity contribution is 4.78. The summed E-state index contributed by atoms with van der Waals surface area (Å²) in [5.41, 5.74) is 0. The summed E-state index contributed by atoms with van der Waals surface area (Å²) in [5.74, 6) is 1.27. The number of hydrogen-bond acceptors (Lipinski definition) is 2. The smallest absolute Gasteiger partial charge is 0.0462 e. The van der Waals surface area contributed by atoms with Crippen molar-refractivity contribution in [3.63, 3.8) is 0 Å². The molecule has 2 nitrogen and oxygen atoms in total. The number of allylic oxidation sites excluding steroid dienone is 1. The molecule has 0 amide bonds. The minimum Gasteiger partial charge on any atom is -0.396 e. The van der Waals surface area contributed by atoms with Gasteiger partial charge in [0.05, 0.1) is 0 Å². The van der Waals surface area contributed by atoms with Crippen LogP contribution in [-0.2, 0) is 0 Å². The maximum atomic E-state index is 9.14. The first-order valence-corrected chi connectivity index (χ1v) is 5.81. The molecule has 2 unspecified atom stereocenters. The average molecular weight is 197 g/mol. The Morgan fingerprint density at radius 2 is 2.14 bits per heavy atom. The lowest BCUT2D eigenvalue weighted by Gasteiger charge is -2.17. The molecule has 14 heavy (non-hydrogen) atoms. The van der Waals surface area contributed by atoms with Gasteiger partial charge in [0.25, 0.3) is 0 Å². The van der Waals surface area contributed by atoms with Crippen LogP contribution in [-0.4, -0.2) is 24.8 Å². The molecule has 0 bridgehead atoms. The van der Waals surface area contributed by atoms with E-state index in [1.165, 1.54) is 25.7 Å². The summed E-state index contributed by atoms with van der Waals surface area (Å²) in [5, 5.41) is 12.6. The number of aliphatic hydroxyl groups excluding tert-OH is 1. The summed E-state index contributed by atoms with van der Waals surface area (Å²) < 4.78 is 0. The molecule has 0 heterocycles. The molecule has 0 spiro atoms. The molecule has 0 aliphatic heterocycles. The Morgan fingerprint density at radius 3 is 2.86 bits per heavy atom. The van der Waals surface area contributed by atoms with E-state index in [-0.39, 0.29) is 0 Å². The van der Waals surface area contributed by atoms with Crippen molar-refractivity contribution in [2.75, 3.05) is 19.7 Å². The van der Waals surface area contributed by atoms with Gasteiger partial charge >= 0.3 is 0 Å². The van der Waals surface area contributed by atoms with E-state index in [9.17, 15) is 0 Å². The molecule has 0 saturated heterocycles. The Labute approximate surface area is 87.4 Å². The maximum absolute atomic E-state index is 9.14. The van der Waals surface area contributed by atoms with Crippen molar-refractivity contribution in [2.24, 2.45) is 11.8 Å². The molecule has 0 radical (unpaired) electrons. The van der Waals surface area contributed by atoms with Crippen LogP contribution in [0.5, 0.6) is 0 Å². The maximum Gasteiger partial charge on any atom is 0.0462 e. The molecule has 0 aromatic heterocycles. The van der Waals surface area contributed by atoms with Crippen molar-refractivity contribution in [1.29, 1.82) is 0 Å². The molecule has 1 fully saturated rings. The van der Waals surface area contributed by atoms with Gasteiger partial charge in [0.2, 0.25) is 0 Å². The molecule has 1 rings (SSSR count). The van der Waals surface area contributed by atoms with Crippen molar-refractivity contribution in [2.45, 2.75) is 32.1 Å². The minimum atomic E-state index is 0.374. The van der Waals surface area contributed by atoms with Crippen molar-refractivity contribution >= 4 is 0 Å². The van der Waals surface area contributed by atoms with Crippen molar-refractivity contribution in [1.82, 2.24) is 5.32 Å². The highest BCUT2D eigenvalue weighted by Crippen LogP contribution is 2.30. The standard InChI is InChI=1S/C12H23NO/c1-2-3-4-8-13-9-11-6-5-7-12(11)10-14/h2,11-14H,1,3-10H2. The van der Waals surface area contributed by atoms with Gasteiger partial charge in [0.1, 0.15) is 0 Å². The van der Waals surface area contributed by atoms with Crippen LogP contribution in [0.4, 0.5) is 0 Å². The Kier molecular flexibility index (Phi) is 5.88. The topological polar surface area (TPSA) is 32.3 Å². The van der Waals surface area contributed by atoms with Gasteiger partial charge in [0.15, 0.2) is 0 Å². The van der Waals surface area contributed by atoms with E-state index in [2.05, 4.69) is 11.9 Å². The van der Waals surface area contributed by atoms with Crippen LogP contribution in [0.1, 0.15) is 32.1 Å². The van der Waals surface area contributed by atoms with Crippen LogP contribution >= 0.6 is 0 Å². The molecule has 0 aromatic rings. The van der Waals surface area contributed by atoms with Gasteiger partial charge in [0, 0.05) is 6.61 Å². The number of hydrogen-bond donors (Lipinski definition) is 2. The SMILES string of the molecule is C=CCCCNCC1CCCC1CO. The summed E-state index contributed by atoms with van der Waals surface area (Å²) in [6, 6.07) is 0. The van der Waals surface area contributed by atoms with Crippen LogP contribution in [0.2, 0.25) is 0 Å². The number of rotatable bonds is 7. The van der Waals surface area contributed by atoms with Crippen LogP contribution < -0.4 is 5.32 Å². The third-order valence-electron chi connectivity index (χ3n) is 3.22. The van der Waals surface area contributed by atoms with E-state index >= 15 is 0 Å². The van der Waals surface area contributed by atoms with Gasteiger partial charge in [-0.05, 0) is 50.6 Å². The third-order valence-corrected chi connectivity index (χ3v) is 3.22. The lowest BCUT2D eigenvalue weighted by molar-refractivity contribution is 0.192. The first-order chi connectivity index (χ1) is 6.88. The first-order valence-electron chi connectivity index (χ1n) is 5.81. The van der Waals surface area contributed by atoms with Crippen molar-refractivity contribution < 1.29 is 5.11 Å². The summed E-state index contributed by atoms with van der Waals surface area (Å²) >= 11 is 0. The molecule has 2 N–H and O–H groups in total. The molecule has 0 aromatic carbocycles. The van der Waals surface area contributed by atoms with Crippen LogP contribution in [0, 0.1) is 11.8 Å². The minimum absolute atomic E-state index is 0.374. The van der Waals surface area contributed by atoms with Crippen LogP contribution in [0.3, 0.4) is 0 Å². The molecule has 1 saturated carbocycles. The lowest BCUT2D eigenvalue weighted by Crippen LogP contribution is -2.27. The monoisotopic (exact) mass is 197 g/mol. The fourth-order valence-corrected chi connectivity index (χ4v) is 2.28. The lowest BCUT2D eigenvalue weighted by atomic mass is 9.97. The zero-order valence-corrected chi connectivity index (χ0v) is 9.04. The fraction of sp³-hybridized carbons (Fsp3) is 0.833. The van der Waals surface area contributed by atoms with Crippen molar-refractivity contribution in [3.05, 3.63) is 12.7 Å². The Hall–Kier alpha value is -0.340. The van der Waals surface area contributed by atoms with Gasteiger partial charge in [-0.1, -0.05) is 12.5 Å². The first kappa shape index (κ1) is 11.7. The van der Waals surface area contributed by atoms with Gasteiger partial charge in [-0.15, -0.1) is 6.58 Å². The Balaban J connectivity index is 2.02. The van der Waals surface area contributed by atoms with E-state index in [1.807, 2.05) is 6.08 Å². The highest BCUT2D eigenvalue weighted by Gasteiger charge is 2.25.